The maximum absolute atomic E-state index is 10.3. The molecule has 0 saturated carbocycles. The van der Waals surface area contributed by atoms with Crippen molar-refractivity contribution < 1.29 is 14.3 Å². The minimum Gasteiger partial charge on any atom is -0.495 e. The molecule has 18 heavy (non-hydrogen) atoms. The first-order valence-corrected chi connectivity index (χ1v) is 6.05. The first-order chi connectivity index (χ1) is 8.54. The lowest BCUT2D eigenvalue weighted by atomic mass is 10.0. The Labute approximate surface area is 115 Å². The van der Waals surface area contributed by atoms with Crippen LogP contribution in [0.3, 0.4) is 0 Å². The van der Waals surface area contributed by atoms with Gasteiger partial charge in [-0.2, -0.15) is 0 Å². The van der Waals surface area contributed by atoms with E-state index in [1.54, 1.807) is 18.2 Å². The Kier molecular flexibility index (Phi) is 3.85. The van der Waals surface area contributed by atoms with Gasteiger partial charge in [0.15, 0.2) is 0 Å². The molecule has 0 radical (unpaired) electrons. The van der Waals surface area contributed by atoms with Gasteiger partial charge in [-0.15, -0.1) is 0 Å². The molecule has 0 fully saturated rings. The summed E-state index contributed by atoms with van der Waals surface area (Å²) in [5, 5.41) is 11.0. The number of hydrogen-bond acceptors (Lipinski definition) is 3. The summed E-state index contributed by atoms with van der Waals surface area (Å²) in [6.07, 6.45) is 0.573. The molecule has 0 aliphatic heterocycles. The van der Waals surface area contributed by atoms with Crippen molar-refractivity contribution in [3.63, 3.8) is 0 Å². The smallest absolute Gasteiger partial charge is 0.139 e. The van der Waals surface area contributed by atoms with E-state index >= 15 is 0 Å². The quantitative estimate of drug-likeness (QED) is 0.928. The number of ether oxygens (including phenoxy) is 1. The highest BCUT2D eigenvalue weighted by Crippen LogP contribution is 2.36. The molecule has 0 bridgehead atoms. The van der Waals surface area contributed by atoms with E-state index in [9.17, 15) is 5.11 Å². The number of furan rings is 1. The highest BCUT2D eigenvalue weighted by molar-refractivity contribution is 6.34. The van der Waals surface area contributed by atoms with Gasteiger partial charge in [0.1, 0.15) is 17.6 Å². The summed E-state index contributed by atoms with van der Waals surface area (Å²) in [6, 6.07) is 4.92. The van der Waals surface area contributed by atoms with Crippen LogP contribution in [0.4, 0.5) is 0 Å². The fourth-order valence-electron chi connectivity index (χ4n) is 1.72. The second-order valence-corrected chi connectivity index (χ2v) is 4.69. The van der Waals surface area contributed by atoms with Gasteiger partial charge in [0.05, 0.1) is 23.4 Å². The third kappa shape index (κ3) is 2.34. The minimum absolute atomic E-state index is 0.375. The Hall–Kier alpha value is -1.16. The van der Waals surface area contributed by atoms with Crippen molar-refractivity contribution in [1.29, 1.82) is 0 Å². The predicted molar refractivity (Wildman–Crippen MR) is 70.5 cm³/mol. The van der Waals surface area contributed by atoms with Gasteiger partial charge in [-0.1, -0.05) is 23.2 Å². The lowest BCUT2D eigenvalue weighted by Crippen LogP contribution is -2.01. The van der Waals surface area contributed by atoms with E-state index in [-0.39, 0.29) is 0 Å². The highest BCUT2D eigenvalue weighted by Gasteiger charge is 2.20. The number of aryl methyl sites for hydroxylation is 1. The molecule has 1 atom stereocenters. The molecule has 2 aromatic rings. The van der Waals surface area contributed by atoms with E-state index < -0.39 is 6.10 Å². The molecule has 2 rings (SSSR count). The van der Waals surface area contributed by atoms with Crippen molar-refractivity contribution >= 4 is 23.2 Å². The molecule has 1 heterocycles. The topological polar surface area (TPSA) is 42.6 Å². The number of benzene rings is 1. The third-order valence-electron chi connectivity index (χ3n) is 2.72. The molecule has 1 aromatic heterocycles. The number of aliphatic hydroxyl groups excluding tert-OH is 1. The molecule has 3 nitrogen and oxygen atoms in total. The van der Waals surface area contributed by atoms with Crippen LogP contribution in [0.2, 0.25) is 10.0 Å². The van der Waals surface area contributed by atoms with E-state index in [1.807, 2.05) is 6.92 Å². The SMILES string of the molecule is COc1cc(Cl)c(C(O)c2occc2C)cc1Cl. The highest BCUT2D eigenvalue weighted by atomic mass is 35.5. The Morgan fingerprint density at radius 3 is 2.56 bits per heavy atom. The lowest BCUT2D eigenvalue weighted by molar-refractivity contribution is 0.188. The second kappa shape index (κ2) is 5.22. The van der Waals surface area contributed by atoms with Crippen LogP contribution in [0, 0.1) is 6.92 Å². The van der Waals surface area contributed by atoms with E-state index in [0.717, 1.165) is 5.56 Å². The second-order valence-electron chi connectivity index (χ2n) is 3.88. The Morgan fingerprint density at radius 2 is 2.00 bits per heavy atom. The van der Waals surface area contributed by atoms with Gasteiger partial charge < -0.3 is 14.3 Å². The molecule has 1 N–H and O–H groups in total. The van der Waals surface area contributed by atoms with Gasteiger partial charge >= 0.3 is 0 Å². The zero-order valence-corrected chi connectivity index (χ0v) is 11.4. The zero-order valence-electron chi connectivity index (χ0n) is 9.91. The van der Waals surface area contributed by atoms with Crippen LogP contribution in [-0.4, -0.2) is 12.2 Å². The predicted octanol–water partition coefficient (Wildman–Crippen LogP) is 3.99. The van der Waals surface area contributed by atoms with Gasteiger partial charge in [0.2, 0.25) is 0 Å². The van der Waals surface area contributed by atoms with E-state index in [4.69, 9.17) is 32.4 Å². The van der Waals surface area contributed by atoms with Crippen molar-refractivity contribution in [2.45, 2.75) is 13.0 Å². The molecular weight excluding hydrogens is 275 g/mol. The van der Waals surface area contributed by atoms with Crippen molar-refractivity contribution in [1.82, 2.24) is 0 Å². The summed E-state index contributed by atoms with van der Waals surface area (Å²) >= 11 is 12.1. The molecule has 0 spiro atoms. The number of hydrogen-bond donors (Lipinski definition) is 1. The number of methoxy groups -OCH3 is 1. The summed E-state index contributed by atoms with van der Waals surface area (Å²) in [7, 11) is 1.50. The van der Waals surface area contributed by atoms with Crippen molar-refractivity contribution in [2.24, 2.45) is 0 Å². The van der Waals surface area contributed by atoms with Crippen LogP contribution < -0.4 is 4.74 Å². The monoisotopic (exact) mass is 286 g/mol. The molecule has 96 valence electrons. The number of rotatable bonds is 3. The van der Waals surface area contributed by atoms with E-state index in [2.05, 4.69) is 0 Å². The lowest BCUT2D eigenvalue weighted by Gasteiger charge is -2.13. The molecule has 1 aromatic carbocycles. The average Bonchev–Trinajstić information content (AvgIpc) is 2.77. The number of aliphatic hydroxyl groups is 1. The van der Waals surface area contributed by atoms with Crippen LogP contribution in [0.15, 0.2) is 28.9 Å². The first kappa shape index (κ1) is 13.3. The van der Waals surface area contributed by atoms with Gasteiger partial charge in [0.25, 0.3) is 0 Å². The average molecular weight is 287 g/mol. The molecular formula is C13H12Cl2O3. The van der Waals surface area contributed by atoms with Gasteiger partial charge in [-0.3, -0.25) is 0 Å². The Balaban J connectivity index is 2.46. The Morgan fingerprint density at radius 1 is 1.28 bits per heavy atom. The molecule has 5 heteroatoms. The first-order valence-electron chi connectivity index (χ1n) is 5.29. The minimum atomic E-state index is -0.948. The van der Waals surface area contributed by atoms with E-state index in [0.29, 0.717) is 27.1 Å². The van der Waals surface area contributed by atoms with Crippen LogP contribution in [0.25, 0.3) is 0 Å². The van der Waals surface area contributed by atoms with Crippen LogP contribution >= 0.6 is 23.2 Å². The standard InChI is InChI=1S/C13H12Cl2O3/c1-7-3-4-18-13(7)12(16)8-5-10(15)11(17-2)6-9(8)14/h3-6,12,16H,1-2H3. The summed E-state index contributed by atoms with van der Waals surface area (Å²) < 4.78 is 10.3. The summed E-state index contributed by atoms with van der Waals surface area (Å²) in [6.45, 7) is 1.85. The summed E-state index contributed by atoms with van der Waals surface area (Å²) in [4.78, 5) is 0. The van der Waals surface area contributed by atoms with E-state index in [1.165, 1.54) is 13.4 Å². The largest absolute Gasteiger partial charge is 0.495 e. The van der Waals surface area contributed by atoms with Crippen molar-refractivity contribution in [3.05, 3.63) is 51.4 Å². The maximum atomic E-state index is 10.3. The third-order valence-corrected chi connectivity index (χ3v) is 3.34. The summed E-state index contributed by atoms with van der Waals surface area (Å²) in [5.41, 5.74) is 1.34. The molecule has 0 amide bonds. The maximum Gasteiger partial charge on any atom is 0.139 e. The fraction of sp³-hybridized carbons (Fsp3) is 0.231. The van der Waals surface area contributed by atoms with Gasteiger partial charge in [-0.05, 0) is 24.6 Å². The molecule has 0 aliphatic carbocycles. The van der Waals surface area contributed by atoms with Crippen molar-refractivity contribution in [3.8, 4) is 5.75 Å². The number of halogens is 2. The molecule has 0 aliphatic rings. The fourth-order valence-corrected chi connectivity index (χ4v) is 2.22. The van der Waals surface area contributed by atoms with Crippen LogP contribution in [-0.2, 0) is 0 Å². The summed E-state index contributed by atoms with van der Waals surface area (Å²) in [5.74, 6) is 0.923. The molecule has 0 saturated heterocycles. The normalized spacial score (nSPS) is 12.5. The van der Waals surface area contributed by atoms with Gasteiger partial charge in [-0.25, -0.2) is 0 Å². The van der Waals surface area contributed by atoms with Crippen molar-refractivity contribution in [2.75, 3.05) is 7.11 Å². The van der Waals surface area contributed by atoms with Crippen LogP contribution in [0.5, 0.6) is 5.75 Å². The zero-order chi connectivity index (χ0) is 13.3. The van der Waals surface area contributed by atoms with Gasteiger partial charge in [0, 0.05) is 11.6 Å². The van der Waals surface area contributed by atoms with Crippen LogP contribution in [0.1, 0.15) is 23.0 Å². The Bertz CT molecular complexity index is 563. The molecule has 1 unspecified atom stereocenters.